The predicted molar refractivity (Wildman–Crippen MR) is 218 cm³/mol. The Morgan fingerprint density at radius 3 is 1.29 bits per heavy atom. The molecule has 0 amide bonds. The van der Waals surface area contributed by atoms with Crippen molar-refractivity contribution in [3.63, 3.8) is 0 Å². The van der Waals surface area contributed by atoms with Crippen LogP contribution in [-0.2, 0) is 19.1 Å². The molecular weight excluding hydrogens is 634 g/mol. The Morgan fingerprint density at radius 2 is 0.843 bits per heavy atom. The zero-order valence-corrected chi connectivity index (χ0v) is 34.7. The summed E-state index contributed by atoms with van der Waals surface area (Å²) in [5, 5.41) is 9.51. The number of hydrogen-bond donors (Lipinski definition) is 1. The maximum atomic E-state index is 12.1. The summed E-state index contributed by atoms with van der Waals surface area (Å²) >= 11 is 0. The molecule has 0 spiro atoms. The molecule has 0 saturated heterocycles. The molecule has 304 valence electrons. The topological polar surface area (TPSA) is 76.1 Å². The fraction of sp³-hybridized carbons (Fsp3) is 0.956. The third kappa shape index (κ3) is 39.9. The third-order valence-corrected chi connectivity index (χ3v) is 10.4. The normalized spacial score (nSPS) is 12.1. The van der Waals surface area contributed by atoms with E-state index in [1.54, 1.807) is 0 Å². The lowest BCUT2D eigenvalue weighted by Gasteiger charge is -2.21. The summed E-state index contributed by atoms with van der Waals surface area (Å²) in [7, 11) is 0. The highest BCUT2D eigenvalue weighted by Crippen LogP contribution is 2.15. The highest BCUT2D eigenvalue weighted by Gasteiger charge is 2.10. The van der Waals surface area contributed by atoms with Gasteiger partial charge in [0.15, 0.2) is 0 Å². The smallest absolute Gasteiger partial charge is 0.306 e. The Balaban J connectivity index is 3.55. The molecule has 0 heterocycles. The summed E-state index contributed by atoms with van der Waals surface area (Å²) < 4.78 is 11.1. The highest BCUT2D eigenvalue weighted by molar-refractivity contribution is 5.69. The van der Waals surface area contributed by atoms with Gasteiger partial charge in [-0.3, -0.25) is 9.59 Å². The second kappa shape index (κ2) is 41.6. The van der Waals surface area contributed by atoms with E-state index >= 15 is 0 Å². The van der Waals surface area contributed by atoms with Crippen molar-refractivity contribution < 1.29 is 24.2 Å². The molecule has 0 bridgehead atoms. The lowest BCUT2D eigenvalue weighted by atomic mass is 10.0. The maximum Gasteiger partial charge on any atom is 0.306 e. The number of esters is 2. The largest absolute Gasteiger partial charge is 0.466 e. The maximum absolute atomic E-state index is 12.1. The number of aliphatic hydroxyl groups is 1. The average Bonchev–Trinajstić information content (AvgIpc) is 3.11. The van der Waals surface area contributed by atoms with Crippen molar-refractivity contribution in [1.82, 2.24) is 4.90 Å². The minimum atomic E-state index is -0.0288. The fourth-order valence-corrected chi connectivity index (χ4v) is 7.03. The molecule has 1 N–H and O–H groups in total. The first kappa shape index (κ1) is 49.9. The standard InChI is InChI=1S/C45H89NO5/c1-4-6-8-10-12-13-14-15-16-17-18-19-21-28-34-42-50-44(48)36-30-24-22-26-32-38-46(40-41-47)39-33-27-25-29-35-43(3)51-45(49)37-31-23-20-11-9-7-5-2/h43,47H,4-42H2,1-3H3. The summed E-state index contributed by atoms with van der Waals surface area (Å²) in [6, 6.07) is 0. The van der Waals surface area contributed by atoms with Crippen molar-refractivity contribution in [2.75, 3.05) is 32.8 Å². The first-order valence-corrected chi connectivity index (χ1v) is 22.7. The number of carbonyl (C=O) groups is 2. The number of nitrogens with zero attached hydrogens (tertiary/aromatic N) is 1. The molecule has 51 heavy (non-hydrogen) atoms. The first-order valence-electron chi connectivity index (χ1n) is 22.7. The minimum absolute atomic E-state index is 0.0160. The molecule has 0 rings (SSSR count). The molecule has 0 saturated carbocycles. The van der Waals surface area contributed by atoms with Gasteiger partial charge in [0.05, 0.1) is 19.3 Å². The van der Waals surface area contributed by atoms with E-state index in [1.165, 1.54) is 135 Å². The van der Waals surface area contributed by atoms with Gasteiger partial charge in [0, 0.05) is 19.4 Å². The van der Waals surface area contributed by atoms with Crippen LogP contribution >= 0.6 is 0 Å². The van der Waals surface area contributed by atoms with Crippen LogP contribution in [0.4, 0.5) is 0 Å². The highest BCUT2D eigenvalue weighted by atomic mass is 16.5. The van der Waals surface area contributed by atoms with E-state index in [0.29, 0.717) is 19.4 Å². The summed E-state index contributed by atoms with van der Waals surface area (Å²) in [6.07, 6.45) is 40.9. The molecule has 1 unspecified atom stereocenters. The van der Waals surface area contributed by atoms with Crippen LogP contribution in [0.25, 0.3) is 0 Å². The molecule has 0 aromatic carbocycles. The number of carbonyl (C=O) groups excluding carboxylic acids is 2. The Kier molecular flexibility index (Phi) is 40.7. The van der Waals surface area contributed by atoms with Crippen LogP contribution in [0.2, 0.25) is 0 Å². The van der Waals surface area contributed by atoms with Gasteiger partial charge in [0.2, 0.25) is 0 Å². The van der Waals surface area contributed by atoms with Gasteiger partial charge in [0.25, 0.3) is 0 Å². The van der Waals surface area contributed by atoms with Crippen LogP contribution in [0.15, 0.2) is 0 Å². The lowest BCUT2D eigenvalue weighted by Crippen LogP contribution is -2.29. The van der Waals surface area contributed by atoms with Crippen LogP contribution in [0.5, 0.6) is 0 Å². The second-order valence-corrected chi connectivity index (χ2v) is 15.6. The van der Waals surface area contributed by atoms with Gasteiger partial charge in [-0.15, -0.1) is 0 Å². The van der Waals surface area contributed by atoms with E-state index in [1.807, 2.05) is 6.92 Å². The number of ether oxygens (including phenoxy) is 2. The van der Waals surface area contributed by atoms with E-state index in [9.17, 15) is 14.7 Å². The molecule has 0 aromatic heterocycles. The molecule has 0 aromatic rings. The molecular formula is C45H89NO5. The molecule has 6 heteroatoms. The number of aliphatic hydroxyl groups excluding tert-OH is 1. The predicted octanol–water partition coefficient (Wildman–Crippen LogP) is 13.1. The number of unbranched alkanes of at least 4 members (excludes halogenated alkanes) is 27. The Bertz CT molecular complexity index is 717. The van der Waals surface area contributed by atoms with E-state index in [-0.39, 0.29) is 24.6 Å². The van der Waals surface area contributed by atoms with Crippen LogP contribution in [-0.4, -0.2) is 60.9 Å². The molecule has 0 fully saturated rings. The van der Waals surface area contributed by atoms with Gasteiger partial charge >= 0.3 is 11.9 Å². The van der Waals surface area contributed by atoms with Crippen molar-refractivity contribution in [2.45, 2.75) is 245 Å². The number of hydrogen-bond acceptors (Lipinski definition) is 6. The van der Waals surface area contributed by atoms with Gasteiger partial charge < -0.3 is 19.5 Å². The fourth-order valence-electron chi connectivity index (χ4n) is 7.03. The molecule has 0 aliphatic carbocycles. The molecule has 0 aliphatic heterocycles. The average molecular weight is 724 g/mol. The number of rotatable bonds is 42. The van der Waals surface area contributed by atoms with Crippen molar-refractivity contribution in [3.8, 4) is 0 Å². The van der Waals surface area contributed by atoms with E-state index in [4.69, 9.17) is 9.47 Å². The Labute approximate surface area is 318 Å². The van der Waals surface area contributed by atoms with Gasteiger partial charge in [-0.05, 0) is 65.0 Å². The first-order chi connectivity index (χ1) is 25.0. The summed E-state index contributed by atoms with van der Waals surface area (Å²) in [6.45, 7) is 10.2. The summed E-state index contributed by atoms with van der Waals surface area (Å²) in [4.78, 5) is 26.6. The Hall–Kier alpha value is -1.14. The second-order valence-electron chi connectivity index (χ2n) is 15.6. The van der Waals surface area contributed by atoms with Crippen molar-refractivity contribution >= 4 is 11.9 Å². The quantitative estimate of drug-likeness (QED) is 0.0499. The van der Waals surface area contributed by atoms with Crippen molar-refractivity contribution in [3.05, 3.63) is 0 Å². The van der Waals surface area contributed by atoms with Crippen LogP contribution < -0.4 is 0 Å². The van der Waals surface area contributed by atoms with Gasteiger partial charge in [-0.1, -0.05) is 174 Å². The van der Waals surface area contributed by atoms with Crippen LogP contribution in [0.3, 0.4) is 0 Å². The SMILES string of the molecule is CCCCCCCCCCCCCCCCCOC(=O)CCCCCCCN(CCO)CCCCCCC(C)OC(=O)CCCCCCCCC. The van der Waals surface area contributed by atoms with E-state index in [0.717, 1.165) is 90.3 Å². The van der Waals surface area contributed by atoms with Gasteiger partial charge in [0.1, 0.15) is 0 Å². The summed E-state index contributed by atoms with van der Waals surface area (Å²) in [5.74, 6) is -0.0530. The molecule has 6 nitrogen and oxygen atoms in total. The monoisotopic (exact) mass is 724 g/mol. The van der Waals surface area contributed by atoms with Gasteiger partial charge in [-0.2, -0.15) is 0 Å². The van der Waals surface area contributed by atoms with Crippen molar-refractivity contribution in [1.29, 1.82) is 0 Å². The zero-order valence-electron chi connectivity index (χ0n) is 34.7. The van der Waals surface area contributed by atoms with E-state index in [2.05, 4.69) is 18.7 Å². The lowest BCUT2D eigenvalue weighted by molar-refractivity contribution is -0.148. The van der Waals surface area contributed by atoms with Crippen molar-refractivity contribution in [2.24, 2.45) is 0 Å². The summed E-state index contributed by atoms with van der Waals surface area (Å²) in [5.41, 5.74) is 0. The zero-order chi connectivity index (χ0) is 37.3. The third-order valence-electron chi connectivity index (χ3n) is 10.4. The molecule has 1 atom stereocenters. The Morgan fingerprint density at radius 1 is 0.471 bits per heavy atom. The van der Waals surface area contributed by atoms with Gasteiger partial charge in [-0.25, -0.2) is 0 Å². The molecule has 0 radical (unpaired) electrons. The van der Waals surface area contributed by atoms with Crippen LogP contribution in [0, 0.1) is 0 Å². The minimum Gasteiger partial charge on any atom is -0.466 e. The van der Waals surface area contributed by atoms with E-state index < -0.39 is 0 Å². The molecule has 0 aliphatic rings. The van der Waals surface area contributed by atoms with Crippen LogP contribution in [0.1, 0.15) is 239 Å².